The summed E-state index contributed by atoms with van der Waals surface area (Å²) in [7, 11) is 0. The molecule has 0 bridgehead atoms. The van der Waals surface area contributed by atoms with Crippen LogP contribution in [0.1, 0.15) is 25.0 Å². The van der Waals surface area contributed by atoms with Gasteiger partial charge in [-0.25, -0.2) is 0 Å². The van der Waals surface area contributed by atoms with E-state index in [1.54, 1.807) is 13.0 Å². The third kappa shape index (κ3) is 4.92. The van der Waals surface area contributed by atoms with E-state index in [-0.39, 0.29) is 18.1 Å². The summed E-state index contributed by atoms with van der Waals surface area (Å²) in [5.41, 5.74) is 3.23. The van der Waals surface area contributed by atoms with Crippen molar-refractivity contribution in [1.82, 2.24) is 0 Å². The van der Waals surface area contributed by atoms with Crippen LogP contribution in [0, 0.1) is 0 Å². The van der Waals surface area contributed by atoms with Crippen LogP contribution < -0.4 is 5.32 Å². The van der Waals surface area contributed by atoms with Crippen LogP contribution in [0.25, 0.3) is 0 Å². The van der Waals surface area contributed by atoms with Crippen molar-refractivity contribution in [3.63, 3.8) is 0 Å². The van der Waals surface area contributed by atoms with Crippen LogP contribution in [0.5, 0.6) is 0 Å². The molecule has 0 aliphatic carbocycles. The van der Waals surface area contributed by atoms with Gasteiger partial charge in [0.05, 0.1) is 6.42 Å². The number of Topliss-reactive ketones (excluding diaryl/α,β-unsaturated/α-hetero) is 1. The molecule has 0 unspecified atom stereocenters. The fourth-order valence-corrected chi connectivity index (χ4v) is 2.25. The van der Waals surface area contributed by atoms with Crippen molar-refractivity contribution in [2.45, 2.75) is 26.7 Å². The maximum absolute atomic E-state index is 12.2. The number of carbonyl (C=O) groups is 2. The highest BCUT2D eigenvalue weighted by molar-refractivity contribution is 5.98. The standard InChI is InChI=1S/C20H21NO2/c1-3-15(2)19(22)14-17-11-7-8-12-18(17)21-20(23)13-16-9-5-4-6-10-16/h3-12H,13-14H2,1-2H3,(H,21,23)/b15-3+. The first-order chi connectivity index (χ1) is 11.1. The van der Waals surface area contributed by atoms with Gasteiger partial charge in [0.1, 0.15) is 0 Å². The van der Waals surface area contributed by atoms with Crippen molar-refractivity contribution < 1.29 is 9.59 Å². The van der Waals surface area contributed by atoms with E-state index >= 15 is 0 Å². The van der Waals surface area contributed by atoms with Crippen molar-refractivity contribution in [3.8, 4) is 0 Å². The molecular weight excluding hydrogens is 286 g/mol. The van der Waals surface area contributed by atoms with Gasteiger partial charge in [0.15, 0.2) is 5.78 Å². The Hall–Kier alpha value is -2.68. The van der Waals surface area contributed by atoms with Gasteiger partial charge in [-0.1, -0.05) is 54.6 Å². The highest BCUT2D eigenvalue weighted by Crippen LogP contribution is 2.18. The van der Waals surface area contributed by atoms with Crippen molar-refractivity contribution in [1.29, 1.82) is 0 Å². The Kier molecular flexibility index (Phi) is 5.87. The van der Waals surface area contributed by atoms with E-state index in [4.69, 9.17) is 0 Å². The molecule has 0 fully saturated rings. The lowest BCUT2D eigenvalue weighted by Crippen LogP contribution is -2.16. The van der Waals surface area contributed by atoms with Gasteiger partial charge >= 0.3 is 0 Å². The molecule has 0 heterocycles. The van der Waals surface area contributed by atoms with E-state index in [2.05, 4.69) is 5.32 Å². The van der Waals surface area contributed by atoms with Gasteiger partial charge in [0.2, 0.25) is 5.91 Å². The number of amides is 1. The SMILES string of the molecule is C/C=C(\C)C(=O)Cc1ccccc1NC(=O)Cc1ccccc1. The van der Waals surface area contributed by atoms with Crippen LogP contribution in [0.2, 0.25) is 0 Å². The molecule has 2 rings (SSSR count). The van der Waals surface area contributed by atoms with E-state index < -0.39 is 0 Å². The van der Waals surface area contributed by atoms with Crippen LogP contribution in [-0.4, -0.2) is 11.7 Å². The molecule has 1 N–H and O–H groups in total. The Morgan fingerprint density at radius 1 is 0.957 bits per heavy atom. The minimum atomic E-state index is -0.0844. The summed E-state index contributed by atoms with van der Waals surface area (Å²) in [6.07, 6.45) is 2.41. The van der Waals surface area contributed by atoms with Crippen molar-refractivity contribution >= 4 is 17.4 Å². The zero-order valence-corrected chi connectivity index (χ0v) is 13.5. The fraction of sp³-hybridized carbons (Fsp3) is 0.200. The molecule has 0 aliphatic rings. The summed E-state index contributed by atoms with van der Waals surface area (Å²) >= 11 is 0. The first-order valence-electron chi connectivity index (χ1n) is 7.68. The Balaban J connectivity index is 2.08. The number of benzene rings is 2. The molecule has 118 valence electrons. The normalized spacial score (nSPS) is 11.1. The van der Waals surface area contributed by atoms with Crippen LogP contribution in [0.15, 0.2) is 66.2 Å². The smallest absolute Gasteiger partial charge is 0.228 e. The van der Waals surface area contributed by atoms with Crippen molar-refractivity contribution in [2.24, 2.45) is 0 Å². The van der Waals surface area contributed by atoms with Gasteiger partial charge in [-0.05, 0) is 36.6 Å². The van der Waals surface area contributed by atoms with Gasteiger partial charge in [0, 0.05) is 12.1 Å². The zero-order chi connectivity index (χ0) is 16.7. The maximum Gasteiger partial charge on any atom is 0.228 e. The predicted molar refractivity (Wildman–Crippen MR) is 93.4 cm³/mol. The molecule has 23 heavy (non-hydrogen) atoms. The van der Waals surface area contributed by atoms with Crippen molar-refractivity contribution in [3.05, 3.63) is 77.4 Å². The molecule has 0 atom stereocenters. The quantitative estimate of drug-likeness (QED) is 0.821. The van der Waals surface area contributed by atoms with Crippen LogP contribution in [-0.2, 0) is 22.4 Å². The average Bonchev–Trinajstić information content (AvgIpc) is 2.56. The van der Waals surface area contributed by atoms with Gasteiger partial charge in [-0.3, -0.25) is 9.59 Å². The van der Waals surface area contributed by atoms with Crippen LogP contribution in [0.3, 0.4) is 0 Å². The number of anilines is 1. The summed E-state index contributed by atoms with van der Waals surface area (Å²) in [6, 6.07) is 17.0. The Morgan fingerprint density at radius 2 is 1.61 bits per heavy atom. The van der Waals surface area contributed by atoms with Crippen LogP contribution >= 0.6 is 0 Å². The number of rotatable bonds is 6. The van der Waals surface area contributed by atoms with Crippen molar-refractivity contribution in [2.75, 3.05) is 5.32 Å². The monoisotopic (exact) mass is 307 g/mol. The maximum atomic E-state index is 12.2. The number of allylic oxidation sites excluding steroid dienone is 2. The zero-order valence-electron chi connectivity index (χ0n) is 13.5. The third-order valence-electron chi connectivity index (χ3n) is 3.72. The number of carbonyl (C=O) groups excluding carboxylic acids is 2. The lowest BCUT2D eigenvalue weighted by atomic mass is 10.0. The van der Waals surface area contributed by atoms with Crippen LogP contribution in [0.4, 0.5) is 5.69 Å². The Morgan fingerprint density at radius 3 is 2.30 bits per heavy atom. The molecule has 0 radical (unpaired) electrons. The predicted octanol–water partition coefficient (Wildman–Crippen LogP) is 3.95. The molecule has 0 saturated heterocycles. The molecule has 2 aromatic carbocycles. The van der Waals surface area contributed by atoms with Gasteiger partial charge in [0.25, 0.3) is 0 Å². The van der Waals surface area contributed by atoms with E-state index in [0.717, 1.165) is 16.7 Å². The third-order valence-corrected chi connectivity index (χ3v) is 3.72. The number of hydrogen-bond donors (Lipinski definition) is 1. The molecule has 2 aromatic rings. The molecule has 1 amide bonds. The number of nitrogens with one attached hydrogen (secondary N) is 1. The highest BCUT2D eigenvalue weighted by atomic mass is 16.1. The molecule has 0 saturated carbocycles. The van der Waals surface area contributed by atoms with E-state index in [1.165, 1.54) is 0 Å². The highest BCUT2D eigenvalue weighted by Gasteiger charge is 2.11. The number of ketones is 1. The second-order valence-corrected chi connectivity index (χ2v) is 5.44. The summed E-state index contributed by atoms with van der Waals surface area (Å²) in [5.74, 6) is -0.0175. The lowest BCUT2D eigenvalue weighted by molar-refractivity contribution is -0.116. The minimum absolute atomic E-state index is 0.0669. The lowest BCUT2D eigenvalue weighted by Gasteiger charge is -2.11. The van der Waals surface area contributed by atoms with E-state index in [0.29, 0.717) is 12.1 Å². The number of para-hydroxylation sites is 1. The Labute approximate surface area is 137 Å². The second-order valence-electron chi connectivity index (χ2n) is 5.44. The fourth-order valence-electron chi connectivity index (χ4n) is 2.25. The van der Waals surface area contributed by atoms with Gasteiger partial charge < -0.3 is 5.32 Å². The average molecular weight is 307 g/mol. The van der Waals surface area contributed by atoms with Gasteiger partial charge in [-0.2, -0.15) is 0 Å². The van der Waals surface area contributed by atoms with E-state index in [9.17, 15) is 9.59 Å². The minimum Gasteiger partial charge on any atom is -0.326 e. The molecule has 3 heteroatoms. The summed E-state index contributed by atoms with van der Waals surface area (Å²) in [4.78, 5) is 24.3. The Bertz CT molecular complexity index is 717. The molecule has 0 aliphatic heterocycles. The molecule has 3 nitrogen and oxygen atoms in total. The second kappa shape index (κ2) is 8.08. The molecular formula is C20H21NO2. The first kappa shape index (κ1) is 16.7. The summed E-state index contributed by atoms with van der Waals surface area (Å²) in [6.45, 7) is 3.65. The van der Waals surface area contributed by atoms with Gasteiger partial charge in [-0.15, -0.1) is 0 Å². The summed E-state index contributed by atoms with van der Waals surface area (Å²) < 4.78 is 0. The first-order valence-corrected chi connectivity index (χ1v) is 7.68. The molecule has 0 spiro atoms. The topological polar surface area (TPSA) is 46.2 Å². The number of hydrogen-bond acceptors (Lipinski definition) is 2. The largest absolute Gasteiger partial charge is 0.326 e. The molecule has 0 aromatic heterocycles. The summed E-state index contributed by atoms with van der Waals surface area (Å²) in [5, 5.41) is 2.91. The van der Waals surface area contributed by atoms with E-state index in [1.807, 2.05) is 61.5 Å².